The topological polar surface area (TPSA) is 47.3 Å². The molecule has 1 aliphatic rings. The second kappa shape index (κ2) is 5.24. The highest BCUT2D eigenvalue weighted by molar-refractivity contribution is 7.80. The SMILES string of the molecule is Cc1cccc(C(N)=S)c1NC1(C)CCCOC1. The van der Waals surface area contributed by atoms with Crippen LogP contribution in [0.4, 0.5) is 5.69 Å². The van der Waals surface area contributed by atoms with Gasteiger partial charge in [0.1, 0.15) is 4.99 Å². The van der Waals surface area contributed by atoms with Gasteiger partial charge >= 0.3 is 0 Å². The summed E-state index contributed by atoms with van der Waals surface area (Å²) in [6.45, 7) is 5.82. The second-order valence-electron chi connectivity index (χ2n) is 5.20. The lowest BCUT2D eigenvalue weighted by Crippen LogP contribution is -2.43. The lowest BCUT2D eigenvalue weighted by Gasteiger charge is -2.36. The predicted octanol–water partition coefficient (Wildman–Crippen LogP) is 2.61. The number of nitrogens with two attached hydrogens (primary N) is 1. The van der Waals surface area contributed by atoms with Gasteiger partial charge in [-0.25, -0.2) is 0 Å². The van der Waals surface area contributed by atoms with Crippen LogP contribution in [0.1, 0.15) is 30.9 Å². The minimum absolute atomic E-state index is 0.0378. The molecule has 1 aromatic rings. The summed E-state index contributed by atoms with van der Waals surface area (Å²) in [6, 6.07) is 6.01. The Hall–Kier alpha value is -1.13. The summed E-state index contributed by atoms with van der Waals surface area (Å²) in [5, 5.41) is 3.58. The molecule has 3 N–H and O–H groups in total. The molecular weight excluding hydrogens is 244 g/mol. The Balaban J connectivity index is 2.30. The molecular formula is C14H20N2OS. The van der Waals surface area contributed by atoms with Gasteiger partial charge in [-0.2, -0.15) is 0 Å². The van der Waals surface area contributed by atoms with Crippen molar-refractivity contribution < 1.29 is 4.74 Å². The molecule has 98 valence electrons. The summed E-state index contributed by atoms with van der Waals surface area (Å²) in [5.41, 5.74) is 8.87. The summed E-state index contributed by atoms with van der Waals surface area (Å²) in [7, 11) is 0. The maximum absolute atomic E-state index is 5.79. The number of aryl methyl sites for hydroxylation is 1. The van der Waals surface area contributed by atoms with E-state index >= 15 is 0 Å². The van der Waals surface area contributed by atoms with Crippen LogP contribution in [0.3, 0.4) is 0 Å². The molecule has 0 bridgehead atoms. The fourth-order valence-corrected chi connectivity index (χ4v) is 2.54. The maximum Gasteiger partial charge on any atom is 0.106 e. The van der Waals surface area contributed by atoms with Gasteiger partial charge in [-0.15, -0.1) is 0 Å². The van der Waals surface area contributed by atoms with Crippen LogP contribution in [0.15, 0.2) is 18.2 Å². The first-order valence-electron chi connectivity index (χ1n) is 6.27. The van der Waals surface area contributed by atoms with Gasteiger partial charge in [0.25, 0.3) is 0 Å². The van der Waals surface area contributed by atoms with Crippen molar-refractivity contribution in [3.05, 3.63) is 29.3 Å². The molecule has 3 nitrogen and oxygen atoms in total. The van der Waals surface area contributed by atoms with Crippen molar-refractivity contribution in [2.75, 3.05) is 18.5 Å². The van der Waals surface area contributed by atoms with Crippen LogP contribution >= 0.6 is 12.2 Å². The van der Waals surface area contributed by atoms with E-state index in [1.165, 1.54) is 0 Å². The zero-order valence-corrected chi connectivity index (χ0v) is 11.8. The first-order chi connectivity index (χ1) is 8.52. The van der Waals surface area contributed by atoms with E-state index in [0.29, 0.717) is 4.99 Å². The number of para-hydroxylation sites is 1. The monoisotopic (exact) mass is 264 g/mol. The molecule has 0 saturated carbocycles. The molecule has 1 aromatic carbocycles. The van der Waals surface area contributed by atoms with Gasteiger partial charge in [0.15, 0.2) is 0 Å². The van der Waals surface area contributed by atoms with Gasteiger partial charge < -0.3 is 15.8 Å². The normalized spacial score (nSPS) is 23.7. The number of anilines is 1. The molecule has 0 aromatic heterocycles. The molecule has 1 atom stereocenters. The predicted molar refractivity (Wildman–Crippen MR) is 79.1 cm³/mol. The van der Waals surface area contributed by atoms with E-state index in [1.54, 1.807) is 0 Å². The van der Waals surface area contributed by atoms with Crippen molar-refractivity contribution in [1.29, 1.82) is 0 Å². The number of ether oxygens (including phenoxy) is 1. The molecule has 0 radical (unpaired) electrons. The first-order valence-corrected chi connectivity index (χ1v) is 6.68. The van der Waals surface area contributed by atoms with Crippen LogP contribution in [0.5, 0.6) is 0 Å². The van der Waals surface area contributed by atoms with E-state index in [9.17, 15) is 0 Å². The number of nitrogens with one attached hydrogen (secondary N) is 1. The molecule has 1 fully saturated rings. The second-order valence-corrected chi connectivity index (χ2v) is 5.64. The van der Waals surface area contributed by atoms with Crippen LogP contribution in [0.2, 0.25) is 0 Å². The summed E-state index contributed by atoms with van der Waals surface area (Å²) in [5.74, 6) is 0. The Labute approximate surface area is 114 Å². The molecule has 4 heteroatoms. The number of hydrogen-bond donors (Lipinski definition) is 2. The van der Waals surface area contributed by atoms with E-state index in [0.717, 1.165) is 42.9 Å². The number of hydrogen-bond acceptors (Lipinski definition) is 3. The lowest BCUT2D eigenvalue weighted by atomic mass is 9.93. The van der Waals surface area contributed by atoms with Crippen molar-refractivity contribution in [1.82, 2.24) is 0 Å². The van der Waals surface area contributed by atoms with Crippen molar-refractivity contribution in [3.63, 3.8) is 0 Å². The molecule has 1 aliphatic heterocycles. The number of benzene rings is 1. The smallest absolute Gasteiger partial charge is 0.106 e. The van der Waals surface area contributed by atoms with Gasteiger partial charge in [0.05, 0.1) is 12.1 Å². The Morgan fingerprint density at radius 2 is 2.28 bits per heavy atom. The first kappa shape index (κ1) is 13.3. The minimum atomic E-state index is -0.0378. The molecule has 1 saturated heterocycles. The Morgan fingerprint density at radius 3 is 2.89 bits per heavy atom. The van der Waals surface area contributed by atoms with Gasteiger partial charge in [-0.05, 0) is 38.3 Å². The minimum Gasteiger partial charge on any atom is -0.389 e. The summed E-state index contributed by atoms with van der Waals surface area (Å²) in [6.07, 6.45) is 2.18. The van der Waals surface area contributed by atoms with Gasteiger partial charge in [-0.3, -0.25) is 0 Å². The highest BCUT2D eigenvalue weighted by Gasteiger charge is 2.28. The van der Waals surface area contributed by atoms with Crippen molar-refractivity contribution in [2.24, 2.45) is 5.73 Å². The zero-order chi connectivity index (χ0) is 13.2. The average molecular weight is 264 g/mol. The molecule has 0 aliphatic carbocycles. The van der Waals surface area contributed by atoms with Crippen LogP contribution in [-0.4, -0.2) is 23.7 Å². The van der Waals surface area contributed by atoms with Gasteiger partial charge in [0, 0.05) is 17.9 Å². The molecule has 1 heterocycles. The summed E-state index contributed by atoms with van der Waals surface area (Å²) < 4.78 is 5.57. The average Bonchev–Trinajstić information content (AvgIpc) is 2.32. The standard InChI is InChI=1S/C14H20N2OS/c1-10-5-3-6-11(13(15)18)12(10)16-14(2)7-4-8-17-9-14/h3,5-6,16H,4,7-9H2,1-2H3,(H2,15,18). The Bertz CT molecular complexity index is 453. The zero-order valence-electron chi connectivity index (χ0n) is 11.0. The molecule has 2 rings (SSSR count). The van der Waals surface area contributed by atoms with Crippen LogP contribution < -0.4 is 11.1 Å². The van der Waals surface area contributed by atoms with Gasteiger partial charge in [-0.1, -0.05) is 24.4 Å². The molecule has 0 amide bonds. The van der Waals surface area contributed by atoms with Crippen LogP contribution in [-0.2, 0) is 4.74 Å². The van der Waals surface area contributed by atoms with Crippen molar-refractivity contribution >= 4 is 22.9 Å². The van der Waals surface area contributed by atoms with E-state index in [-0.39, 0.29) is 5.54 Å². The Kier molecular flexibility index (Phi) is 3.88. The highest BCUT2D eigenvalue weighted by atomic mass is 32.1. The van der Waals surface area contributed by atoms with Crippen LogP contribution in [0, 0.1) is 6.92 Å². The van der Waals surface area contributed by atoms with Crippen molar-refractivity contribution in [3.8, 4) is 0 Å². The molecule has 0 spiro atoms. The highest BCUT2D eigenvalue weighted by Crippen LogP contribution is 2.28. The quantitative estimate of drug-likeness (QED) is 0.824. The summed E-state index contributed by atoms with van der Waals surface area (Å²) >= 11 is 5.12. The van der Waals surface area contributed by atoms with Crippen LogP contribution in [0.25, 0.3) is 0 Å². The third-order valence-corrected chi connectivity index (χ3v) is 3.62. The third-order valence-electron chi connectivity index (χ3n) is 3.40. The fourth-order valence-electron chi connectivity index (χ4n) is 2.37. The lowest BCUT2D eigenvalue weighted by molar-refractivity contribution is 0.0540. The van der Waals surface area contributed by atoms with E-state index in [2.05, 4.69) is 25.2 Å². The van der Waals surface area contributed by atoms with E-state index in [4.69, 9.17) is 22.7 Å². The number of rotatable bonds is 3. The summed E-state index contributed by atoms with van der Waals surface area (Å²) in [4.78, 5) is 0.432. The maximum atomic E-state index is 5.79. The molecule has 1 unspecified atom stereocenters. The third kappa shape index (κ3) is 2.82. The largest absolute Gasteiger partial charge is 0.389 e. The Morgan fingerprint density at radius 1 is 1.50 bits per heavy atom. The van der Waals surface area contributed by atoms with Gasteiger partial charge in [0.2, 0.25) is 0 Å². The number of thiocarbonyl (C=S) groups is 1. The fraction of sp³-hybridized carbons (Fsp3) is 0.500. The van der Waals surface area contributed by atoms with E-state index in [1.807, 2.05) is 12.1 Å². The molecule has 18 heavy (non-hydrogen) atoms. The van der Waals surface area contributed by atoms with E-state index < -0.39 is 0 Å². The van der Waals surface area contributed by atoms with Crippen molar-refractivity contribution in [2.45, 2.75) is 32.2 Å².